The predicted octanol–water partition coefficient (Wildman–Crippen LogP) is 1.34. The van der Waals surface area contributed by atoms with Gasteiger partial charge in [0.2, 0.25) is 11.7 Å². The largest absolute Gasteiger partial charge is 0.480 e. The molecule has 0 radical (unpaired) electrons. The predicted molar refractivity (Wildman–Crippen MR) is 105 cm³/mol. The number of carbonyl (C=O) groups excluding carboxylic acids is 1. The molecule has 2 aliphatic carbocycles. The van der Waals surface area contributed by atoms with Crippen LogP contribution in [-0.2, 0) is 9.59 Å². The van der Waals surface area contributed by atoms with E-state index in [2.05, 4.69) is 25.6 Å². The van der Waals surface area contributed by atoms with Crippen LogP contribution in [0.3, 0.4) is 0 Å². The van der Waals surface area contributed by atoms with Crippen LogP contribution in [0.15, 0.2) is 30.3 Å². The maximum Gasteiger partial charge on any atom is 0.317 e. The van der Waals surface area contributed by atoms with E-state index in [1.54, 1.807) is 6.92 Å². The van der Waals surface area contributed by atoms with E-state index in [1.165, 1.54) is 17.6 Å². The molecule has 9 heteroatoms. The quantitative estimate of drug-likeness (QED) is 0.655. The topological polar surface area (TPSA) is 113 Å². The van der Waals surface area contributed by atoms with Gasteiger partial charge in [0.25, 0.3) is 0 Å². The molecule has 4 rings (SSSR count). The zero-order valence-electron chi connectivity index (χ0n) is 16.4. The number of nitrogens with zero attached hydrogens (tertiary/aromatic N) is 5. The lowest BCUT2D eigenvalue weighted by Crippen LogP contribution is -2.56. The number of carboxylic acids is 1. The smallest absolute Gasteiger partial charge is 0.317 e. The lowest BCUT2D eigenvalue weighted by Gasteiger charge is -2.43. The maximum absolute atomic E-state index is 12.6. The Kier molecular flexibility index (Phi) is 5.57. The second-order valence-electron chi connectivity index (χ2n) is 8.07. The summed E-state index contributed by atoms with van der Waals surface area (Å²) in [5, 5.41) is 24.6. The van der Waals surface area contributed by atoms with Gasteiger partial charge < -0.3 is 10.4 Å². The molecule has 9 nitrogen and oxygen atoms in total. The van der Waals surface area contributed by atoms with Crippen LogP contribution in [0, 0.1) is 5.92 Å². The van der Waals surface area contributed by atoms with Crippen LogP contribution in [0.5, 0.6) is 0 Å². The normalized spacial score (nSPS) is 22.1. The van der Waals surface area contributed by atoms with Crippen LogP contribution < -0.4 is 5.32 Å². The van der Waals surface area contributed by atoms with Gasteiger partial charge in [-0.05, 0) is 43.7 Å². The van der Waals surface area contributed by atoms with Crippen molar-refractivity contribution in [2.75, 3.05) is 13.1 Å². The Balaban J connectivity index is 1.29. The molecule has 29 heavy (non-hydrogen) atoms. The van der Waals surface area contributed by atoms with Gasteiger partial charge in [-0.3, -0.25) is 14.5 Å². The Morgan fingerprint density at radius 1 is 1.28 bits per heavy atom. The number of nitrogens with one attached hydrogen (secondary N) is 1. The highest BCUT2D eigenvalue weighted by molar-refractivity contribution is 5.80. The van der Waals surface area contributed by atoms with Gasteiger partial charge in [0.1, 0.15) is 6.04 Å². The highest BCUT2D eigenvalue weighted by Crippen LogP contribution is 2.33. The van der Waals surface area contributed by atoms with E-state index in [9.17, 15) is 9.59 Å². The number of hydrogen-bond acceptors (Lipinski definition) is 6. The van der Waals surface area contributed by atoms with Gasteiger partial charge in [-0.2, -0.15) is 4.80 Å². The third-order valence-electron chi connectivity index (χ3n) is 5.69. The fraction of sp³-hybridized carbons (Fsp3) is 0.550. The molecule has 154 valence electrons. The van der Waals surface area contributed by atoms with Gasteiger partial charge in [-0.1, -0.05) is 30.3 Å². The SMILES string of the molecule is CC(C(=O)NC1CC(N(CC(=O)O)CC2CC2)C1)n1nnc(-c2ccccc2)n1. The molecule has 1 amide bonds. The number of hydrogen-bond donors (Lipinski definition) is 2. The molecular formula is C20H26N6O3. The fourth-order valence-electron chi connectivity index (χ4n) is 3.67. The summed E-state index contributed by atoms with van der Waals surface area (Å²) < 4.78 is 0. The molecule has 0 spiro atoms. The second kappa shape index (κ2) is 8.28. The Morgan fingerprint density at radius 3 is 2.66 bits per heavy atom. The van der Waals surface area contributed by atoms with Crippen molar-refractivity contribution in [2.45, 2.75) is 50.7 Å². The van der Waals surface area contributed by atoms with Crippen molar-refractivity contribution in [1.82, 2.24) is 30.4 Å². The van der Waals surface area contributed by atoms with Gasteiger partial charge in [-0.25, -0.2) is 0 Å². The lowest BCUT2D eigenvalue weighted by atomic mass is 9.85. The first-order valence-electron chi connectivity index (χ1n) is 10.1. The molecule has 1 aromatic heterocycles. The number of benzene rings is 1. The number of rotatable bonds is 9. The molecular weight excluding hydrogens is 372 g/mol. The van der Waals surface area contributed by atoms with Crippen molar-refractivity contribution < 1.29 is 14.7 Å². The monoisotopic (exact) mass is 398 g/mol. The first-order chi connectivity index (χ1) is 14.0. The number of amides is 1. The fourth-order valence-corrected chi connectivity index (χ4v) is 3.67. The molecule has 2 aliphatic rings. The van der Waals surface area contributed by atoms with Gasteiger partial charge >= 0.3 is 5.97 Å². The number of aliphatic carboxylic acids is 1. The number of carbonyl (C=O) groups is 2. The summed E-state index contributed by atoms with van der Waals surface area (Å²) in [5.41, 5.74) is 0.849. The molecule has 0 saturated heterocycles. The zero-order chi connectivity index (χ0) is 20.4. The van der Waals surface area contributed by atoms with Crippen molar-refractivity contribution in [3.8, 4) is 11.4 Å². The minimum absolute atomic E-state index is 0.0579. The summed E-state index contributed by atoms with van der Waals surface area (Å²) in [5.74, 6) is 0.175. The standard InChI is InChI=1S/C20H26N6O3/c1-13(26-23-19(22-24-26)15-5-3-2-4-6-15)20(29)21-16-9-17(10-16)25(12-18(27)28)11-14-7-8-14/h2-6,13-14,16-17H,7-12H2,1H3,(H,21,29)(H,27,28). The van der Waals surface area contributed by atoms with E-state index in [4.69, 9.17) is 5.11 Å². The Hall–Kier alpha value is -2.81. The Morgan fingerprint density at radius 2 is 2.00 bits per heavy atom. The minimum atomic E-state index is -0.793. The first-order valence-corrected chi connectivity index (χ1v) is 10.1. The molecule has 0 aliphatic heterocycles. The van der Waals surface area contributed by atoms with Crippen molar-refractivity contribution >= 4 is 11.9 Å². The molecule has 1 heterocycles. The molecule has 0 bridgehead atoms. The van der Waals surface area contributed by atoms with Crippen molar-refractivity contribution in [1.29, 1.82) is 0 Å². The van der Waals surface area contributed by atoms with Crippen LogP contribution in [-0.4, -0.2) is 67.3 Å². The summed E-state index contributed by atoms with van der Waals surface area (Å²) in [6.45, 7) is 2.66. The first kappa shape index (κ1) is 19.5. The van der Waals surface area contributed by atoms with Gasteiger partial charge in [0, 0.05) is 24.2 Å². The Labute approximate surface area is 169 Å². The number of aromatic nitrogens is 4. The van der Waals surface area contributed by atoms with Gasteiger partial charge in [-0.15, -0.1) is 10.2 Å². The molecule has 2 saturated carbocycles. The summed E-state index contributed by atoms with van der Waals surface area (Å²) in [4.78, 5) is 27.1. The van der Waals surface area contributed by atoms with Crippen LogP contribution in [0.2, 0.25) is 0 Å². The lowest BCUT2D eigenvalue weighted by molar-refractivity contribution is -0.140. The molecule has 2 N–H and O–H groups in total. The Bertz CT molecular complexity index is 860. The minimum Gasteiger partial charge on any atom is -0.480 e. The molecule has 2 aromatic rings. The van der Waals surface area contributed by atoms with E-state index >= 15 is 0 Å². The van der Waals surface area contributed by atoms with E-state index in [0.717, 1.165) is 24.9 Å². The van der Waals surface area contributed by atoms with E-state index in [0.29, 0.717) is 11.7 Å². The molecule has 1 aromatic carbocycles. The maximum atomic E-state index is 12.6. The number of carboxylic acid groups (broad SMARTS) is 1. The second-order valence-corrected chi connectivity index (χ2v) is 8.07. The number of tetrazole rings is 1. The van der Waals surface area contributed by atoms with E-state index in [1.807, 2.05) is 30.3 Å². The molecule has 1 atom stereocenters. The van der Waals surface area contributed by atoms with Crippen LogP contribution in [0.1, 0.15) is 38.6 Å². The highest BCUT2D eigenvalue weighted by Gasteiger charge is 2.38. The summed E-state index contributed by atoms with van der Waals surface area (Å²) in [6.07, 6.45) is 3.93. The van der Waals surface area contributed by atoms with Crippen molar-refractivity contribution in [3.05, 3.63) is 30.3 Å². The third kappa shape index (κ3) is 4.79. The van der Waals surface area contributed by atoms with Gasteiger partial charge in [0.05, 0.1) is 6.54 Å². The summed E-state index contributed by atoms with van der Waals surface area (Å²) in [6, 6.07) is 9.21. The average molecular weight is 398 g/mol. The van der Waals surface area contributed by atoms with Crippen molar-refractivity contribution in [3.63, 3.8) is 0 Å². The average Bonchev–Trinajstić information content (AvgIpc) is 3.35. The highest BCUT2D eigenvalue weighted by atomic mass is 16.4. The van der Waals surface area contributed by atoms with E-state index in [-0.39, 0.29) is 24.5 Å². The summed E-state index contributed by atoms with van der Waals surface area (Å²) >= 11 is 0. The van der Waals surface area contributed by atoms with Crippen molar-refractivity contribution in [2.24, 2.45) is 5.92 Å². The van der Waals surface area contributed by atoms with Gasteiger partial charge in [0.15, 0.2) is 0 Å². The van der Waals surface area contributed by atoms with Crippen LogP contribution in [0.4, 0.5) is 0 Å². The zero-order valence-corrected chi connectivity index (χ0v) is 16.4. The van der Waals surface area contributed by atoms with Crippen LogP contribution >= 0.6 is 0 Å². The van der Waals surface area contributed by atoms with E-state index < -0.39 is 12.0 Å². The summed E-state index contributed by atoms with van der Waals surface area (Å²) in [7, 11) is 0. The third-order valence-corrected chi connectivity index (χ3v) is 5.69. The molecule has 1 unspecified atom stereocenters. The molecule has 2 fully saturated rings. The van der Waals surface area contributed by atoms with Crippen LogP contribution in [0.25, 0.3) is 11.4 Å².